The Balaban J connectivity index is 1.47. The Kier molecular flexibility index (Phi) is 6.14. The van der Waals surface area contributed by atoms with Crippen LogP contribution >= 0.6 is 0 Å². The standard InChI is InChI=1S/C37H26N2O2/c40-32-21-8-7-19-31(32)36-39-35-30(20-12-22-33(35)41-36)26-13-11-18-29(25-26)37(27-14-3-1-4-15-27,28-16-5-2-6-17-28)34-23-9-10-24-38-34/h1-25,40H. The van der Waals surface area contributed by atoms with Crippen LogP contribution < -0.4 is 0 Å². The summed E-state index contributed by atoms with van der Waals surface area (Å²) in [6, 6.07) is 48.8. The van der Waals surface area contributed by atoms with Gasteiger partial charge < -0.3 is 9.52 Å². The topological polar surface area (TPSA) is 59.2 Å². The Hall–Kier alpha value is -5.48. The molecule has 0 unspecified atom stereocenters. The van der Waals surface area contributed by atoms with Crippen LogP contribution in [0, 0.1) is 0 Å². The summed E-state index contributed by atoms with van der Waals surface area (Å²) in [5.41, 5.74) is 7.56. The van der Waals surface area contributed by atoms with Crippen molar-refractivity contribution < 1.29 is 9.52 Å². The lowest BCUT2D eigenvalue weighted by atomic mass is 9.66. The quantitative estimate of drug-likeness (QED) is 0.219. The molecule has 2 heterocycles. The molecule has 2 aromatic heterocycles. The highest BCUT2D eigenvalue weighted by Gasteiger charge is 2.39. The van der Waals surface area contributed by atoms with Gasteiger partial charge in [-0.3, -0.25) is 4.98 Å². The van der Waals surface area contributed by atoms with Crippen LogP contribution in [0.5, 0.6) is 5.75 Å². The molecule has 0 radical (unpaired) electrons. The number of benzene rings is 5. The molecule has 0 spiro atoms. The number of para-hydroxylation sites is 2. The Bertz CT molecular complexity index is 1850. The van der Waals surface area contributed by atoms with E-state index in [0.29, 0.717) is 17.0 Å². The van der Waals surface area contributed by atoms with E-state index in [2.05, 4.69) is 84.9 Å². The number of phenolic OH excluding ortho intramolecular Hbond substituents is 1. The van der Waals surface area contributed by atoms with Gasteiger partial charge in [0.2, 0.25) is 5.89 Å². The summed E-state index contributed by atoms with van der Waals surface area (Å²) in [5.74, 6) is 0.520. The summed E-state index contributed by atoms with van der Waals surface area (Å²) in [7, 11) is 0. The first kappa shape index (κ1) is 24.6. The highest BCUT2D eigenvalue weighted by Crippen LogP contribution is 2.45. The highest BCUT2D eigenvalue weighted by atomic mass is 16.3. The van der Waals surface area contributed by atoms with Gasteiger partial charge in [-0.2, -0.15) is 0 Å². The van der Waals surface area contributed by atoms with Crippen molar-refractivity contribution in [3.63, 3.8) is 0 Å². The second kappa shape index (κ2) is 10.2. The minimum Gasteiger partial charge on any atom is -0.507 e. The monoisotopic (exact) mass is 530 g/mol. The average Bonchev–Trinajstić information content (AvgIpc) is 3.48. The Morgan fingerprint density at radius 2 is 1.20 bits per heavy atom. The van der Waals surface area contributed by atoms with Gasteiger partial charge in [0.1, 0.15) is 11.3 Å². The van der Waals surface area contributed by atoms with Gasteiger partial charge in [-0.15, -0.1) is 0 Å². The van der Waals surface area contributed by atoms with Gasteiger partial charge in [0.25, 0.3) is 0 Å². The van der Waals surface area contributed by atoms with Crippen molar-refractivity contribution >= 4 is 11.1 Å². The molecule has 0 saturated carbocycles. The van der Waals surface area contributed by atoms with Crippen LogP contribution in [0.3, 0.4) is 0 Å². The van der Waals surface area contributed by atoms with Crippen LogP contribution in [0.2, 0.25) is 0 Å². The second-order valence-corrected chi connectivity index (χ2v) is 9.97. The van der Waals surface area contributed by atoms with E-state index in [1.165, 1.54) is 0 Å². The van der Waals surface area contributed by atoms with Crippen molar-refractivity contribution in [3.8, 4) is 28.3 Å². The van der Waals surface area contributed by atoms with Crippen molar-refractivity contribution in [2.45, 2.75) is 5.41 Å². The molecule has 0 fully saturated rings. The number of nitrogens with zero attached hydrogens (tertiary/aromatic N) is 2. The van der Waals surface area contributed by atoms with Gasteiger partial charge in [-0.05, 0) is 58.7 Å². The first-order valence-corrected chi connectivity index (χ1v) is 13.6. The predicted octanol–water partition coefficient (Wildman–Crippen LogP) is 8.65. The maximum absolute atomic E-state index is 10.4. The normalized spacial score (nSPS) is 11.5. The Labute approximate surface area is 238 Å². The first-order valence-electron chi connectivity index (χ1n) is 13.6. The van der Waals surface area contributed by atoms with E-state index < -0.39 is 5.41 Å². The van der Waals surface area contributed by atoms with Gasteiger partial charge in [-0.25, -0.2) is 4.98 Å². The van der Waals surface area contributed by atoms with Crippen molar-refractivity contribution in [1.29, 1.82) is 0 Å². The number of hydrogen-bond acceptors (Lipinski definition) is 4. The van der Waals surface area contributed by atoms with Gasteiger partial charge in [0.15, 0.2) is 5.58 Å². The lowest BCUT2D eigenvalue weighted by molar-refractivity contribution is 0.474. The van der Waals surface area contributed by atoms with E-state index in [0.717, 1.165) is 39.0 Å². The number of phenols is 1. The predicted molar refractivity (Wildman–Crippen MR) is 163 cm³/mol. The molecule has 4 nitrogen and oxygen atoms in total. The van der Waals surface area contributed by atoms with Crippen LogP contribution in [-0.2, 0) is 5.41 Å². The first-order chi connectivity index (χ1) is 20.2. The zero-order chi connectivity index (χ0) is 27.6. The van der Waals surface area contributed by atoms with Gasteiger partial charge in [-0.1, -0.05) is 109 Å². The number of rotatable bonds is 6. The molecule has 0 aliphatic rings. The third kappa shape index (κ3) is 4.17. The number of hydrogen-bond donors (Lipinski definition) is 1. The summed E-state index contributed by atoms with van der Waals surface area (Å²) >= 11 is 0. The molecule has 1 N–H and O–H groups in total. The lowest BCUT2D eigenvalue weighted by Gasteiger charge is -2.36. The number of aromatic nitrogens is 2. The molecule has 0 aliphatic heterocycles. The number of oxazole rings is 1. The summed E-state index contributed by atoms with van der Waals surface area (Å²) in [6.07, 6.45) is 1.86. The van der Waals surface area contributed by atoms with Crippen molar-refractivity contribution in [3.05, 3.63) is 174 Å². The zero-order valence-corrected chi connectivity index (χ0v) is 22.2. The van der Waals surface area contributed by atoms with Crippen LogP contribution in [-0.4, -0.2) is 15.1 Å². The van der Waals surface area contributed by atoms with E-state index in [4.69, 9.17) is 14.4 Å². The summed E-state index contributed by atoms with van der Waals surface area (Å²) in [5, 5.41) is 10.4. The molecule has 0 saturated heterocycles. The van der Waals surface area contributed by atoms with Crippen LogP contribution in [0.15, 0.2) is 156 Å². The summed E-state index contributed by atoms with van der Waals surface area (Å²) < 4.78 is 6.12. The smallest absolute Gasteiger partial charge is 0.231 e. The third-order valence-electron chi connectivity index (χ3n) is 7.62. The summed E-state index contributed by atoms with van der Waals surface area (Å²) in [6.45, 7) is 0. The largest absolute Gasteiger partial charge is 0.507 e. The van der Waals surface area contributed by atoms with Gasteiger partial charge in [0, 0.05) is 11.8 Å². The number of pyridine rings is 1. The molecule has 0 aliphatic carbocycles. The molecule has 4 heteroatoms. The number of fused-ring (bicyclic) bond motifs is 1. The zero-order valence-electron chi connectivity index (χ0n) is 22.2. The molecule has 0 bridgehead atoms. The molecule has 5 aromatic carbocycles. The van der Waals surface area contributed by atoms with Crippen molar-refractivity contribution in [2.24, 2.45) is 0 Å². The molecule has 196 valence electrons. The fourth-order valence-electron chi connectivity index (χ4n) is 5.78. The molecule has 0 amide bonds. The van der Waals surface area contributed by atoms with E-state index in [1.54, 1.807) is 18.2 Å². The minimum absolute atomic E-state index is 0.133. The Morgan fingerprint density at radius 3 is 1.90 bits per heavy atom. The van der Waals surface area contributed by atoms with Crippen molar-refractivity contribution in [1.82, 2.24) is 9.97 Å². The lowest BCUT2D eigenvalue weighted by Crippen LogP contribution is -2.32. The SMILES string of the molecule is Oc1ccccc1-c1nc2c(-c3cccc(C(c4ccccc4)(c4ccccc4)c4ccccn4)c3)cccc2o1. The fraction of sp³-hybridized carbons (Fsp3) is 0.0270. The molecule has 0 atom stereocenters. The second-order valence-electron chi connectivity index (χ2n) is 9.97. The minimum atomic E-state index is -0.654. The van der Waals surface area contributed by atoms with Gasteiger partial charge >= 0.3 is 0 Å². The van der Waals surface area contributed by atoms with E-state index in [9.17, 15) is 5.11 Å². The van der Waals surface area contributed by atoms with Gasteiger partial charge in [0.05, 0.1) is 16.7 Å². The highest BCUT2D eigenvalue weighted by molar-refractivity contribution is 5.92. The maximum atomic E-state index is 10.4. The van der Waals surface area contributed by atoms with E-state index in [-0.39, 0.29) is 5.75 Å². The fourth-order valence-corrected chi connectivity index (χ4v) is 5.78. The molecular weight excluding hydrogens is 504 g/mol. The van der Waals surface area contributed by atoms with Crippen LogP contribution in [0.1, 0.15) is 22.4 Å². The van der Waals surface area contributed by atoms with Crippen LogP contribution in [0.25, 0.3) is 33.7 Å². The third-order valence-corrected chi connectivity index (χ3v) is 7.62. The summed E-state index contributed by atoms with van der Waals surface area (Å²) in [4.78, 5) is 9.77. The van der Waals surface area contributed by atoms with Crippen molar-refractivity contribution in [2.75, 3.05) is 0 Å². The molecule has 41 heavy (non-hydrogen) atoms. The van der Waals surface area contributed by atoms with Crippen LogP contribution in [0.4, 0.5) is 0 Å². The maximum Gasteiger partial charge on any atom is 0.231 e. The molecular formula is C37H26N2O2. The van der Waals surface area contributed by atoms with E-state index in [1.807, 2.05) is 48.7 Å². The Morgan fingerprint density at radius 1 is 0.561 bits per heavy atom. The molecule has 7 rings (SSSR count). The number of aromatic hydroxyl groups is 1. The average molecular weight is 531 g/mol. The van der Waals surface area contributed by atoms with E-state index >= 15 is 0 Å². The molecule has 7 aromatic rings.